The molecule has 0 amide bonds. The van der Waals surface area contributed by atoms with Crippen LogP contribution < -0.4 is 0 Å². The largest absolute Gasteiger partial charge is 0.384 e. The summed E-state index contributed by atoms with van der Waals surface area (Å²) in [5.74, 6) is -0.514. The van der Waals surface area contributed by atoms with E-state index in [1.54, 1.807) is 12.1 Å². The van der Waals surface area contributed by atoms with E-state index >= 15 is 0 Å². The Kier molecular flexibility index (Phi) is 5.06. The Labute approximate surface area is 140 Å². The summed E-state index contributed by atoms with van der Waals surface area (Å²) in [7, 11) is 0. The summed E-state index contributed by atoms with van der Waals surface area (Å²) in [6.45, 7) is 0. The molecule has 0 aliphatic carbocycles. The average molecular weight is 473 g/mol. The van der Waals surface area contributed by atoms with Gasteiger partial charge in [-0.1, -0.05) is 43.5 Å². The van der Waals surface area contributed by atoms with Crippen molar-refractivity contribution in [2.45, 2.75) is 6.10 Å². The zero-order valence-corrected chi connectivity index (χ0v) is 14.8. The summed E-state index contributed by atoms with van der Waals surface area (Å²) < 4.78 is 15.9. The third-order valence-electron chi connectivity index (χ3n) is 2.53. The first kappa shape index (κ1) is 15.4. The van der Waals surface area contributed by atoms with Gasteiger partial charge in [0.05, 0.1) is 5.02 Å². The van der Waals surface area contributed by atoms with Crippen molar-refractivity contribution < 1.29 is 9.50 Å². The lowest BCUT2D eigenvalue weighted by Crippen LogP contribution is -2.03. The molecule has 0 radical (unpaired) electrons. The van der Waals surface area contributed by atoms with E-state index in [4.69, 9.17) is 11.6 Å². The molecule has 2 aromatic rings. The Balaban J connectivity index is 2.49. The predicted octanol–water partition coefficient (Wildman–Crippen LogP) is 5.85. The minimum atomic E-state index is -1.08. The van der Waals surface area contributed by atoms with Crippen LogP contribution in [-0.2, 0) is 0 Å². The third-order valence-corrected chi connectivity index (χ3v) is 4.65. The Morgan fingerprint density at radius 1 is 1.00 bits per heavy atom. The summed E-state index contributed by atoms with van der Waals surface area (Å²) in [5, 5.41) is 10.6. The molecule has 0 fully saturated rings. The van der Waals surface area contributed by atoms with Gasteiger partial charge in [0.15, 0.2) is 0 Å². The second-order valence-corrected chi connectivity index (χ2v) is 6.99. The van der Waals surface area contributed by atoms with Crippen LogP contribution in [-0.4, -0.2) is 5.11 Å². The van der Waals surface area contributed by atoms with Crippen LogP contribution in [0.5, 0.6) is 0 Å². The lowest BCUT2D eigenvalue weighted by atomic mass is 10.0. The van der Waals surface area contributed by atoms with Crippen LogP contribution in [0, 0.1) is 5.82 Å². The van der Waals surface area contributed by atoms with E-state index in [-0.39, 0.29) is 5.56 Å². The van der Waals surface area contributed by atoms with Crippen LogP contribution in [0.3, 0.4) is 0 Å². The standard InChI is InChI=1S/C13H7Br3ClFO/c14-7-1-6(2-8(15)3-7)13(19)9-4-11(17)10(16)5-12(9)18/h1-5,13,19H. The first-order valence-corrected chi connectivity index (χ1v) is 7.92. The molecule has 1 N–H and O–H groups in total. The normalized spacial score (nSPS) is 12.5. The van der Waals surface area contributed by atoms with Gasteiger partial charge in [-0.05, 0) is 51.8 Å². The number of aliphatic hydroxyl groups excluding tert-OH is 1. The number of aliphatic hydroxyl groups is 1. The zero-order chi connectivity index (χ0) is 14.2. The minimum absolute atomic E-state index is 0.137. The molecule has 0 aliphatic heterocycles. The SMILES string of the molecule is OC(c1cc(Br)cc(Br)c1)c1cc(Cl)c(Br)cc1F. The molecule has 0 spiro atoms. The summed E-state index contributed by atoms with van der Waals surface area (Å²) in [6.07, 6.45) is -1.08. The lowest BCUT2D eigenvalue weighted by Gasteiger charge is -2.14. The highest BCUT2D eigenvalue weighted by Crippen LogP contribution is 2.33. The smallest absolute Gasteiger partial charge is 0.130 e. The Hall–Kier alpha value is 0.0600. The topological polar surface area (TPSA) is 20.2 Å². The molecule has 100 valence electrons. The van der Waals surface area contributed by atoms with Crippen molar-refractivity contribution in [1.29, 1.82) is 0 Å². The fourth-order valence-corrected chi connectivity index (χ4v) is 3.48. The van der Waals surface area contributed by atoms with Gasteiger partial charge >= 0.3 is 0 Å². The Morgan fingerprint density at radius 3 is 2.16 bits per heavy atom. The summed E-state index contributed by atoms with van der Waals surface area (Å²) in [4.78, 5) is 0. The molecule has 19 heavy (non-hydrogen) atoms. The van der Waals surface area contributed by atoms with E-state index in [0.29, 0.717) is 15.1 Å². The quantitative estimate of drug-likeness (QED) is 0.543. The second kappa shape index (κ2) is 6.22. The zero-order valence-electron chi connectivity index (χ0n) is 9.30. The molecule has 0 saturated heterocycles. The van der Waals surface area contributed by atoms with Gasteiger partial charge in [-0.25, -0.2) is 4.39 Å². The number of benzene rings is 2. The fraction of sp³-hybridized carbons (Fsp3) is 0.0769. The molecule has 1 nitrogen and oxygen atoms in total. The molecule has 2 rings (SSSR count). The molecule has 6 heteroatoms. The summed E-state index contributed by atoms with van der Waals surface area (Å²) in [5.41, 5.74) is 0.705. The van der Waals surface area contributed by atoms with Crippen LogP contribution >= 0.6 is 59.4 Å². The minimum Gasteiger partial charge on any atom is -0.384 e. The number of hydrogen-bond acceptors (Lipinski definition) is 1. The van der Waals surface area contributed by atoms with Crippen LogP contribution in [0.2, 0.25) is 5.02 Å². The molecule has 0 heterocycles. The van der Waals surface area contributed by atoms with E-state index in [2.05, 4.69) is 47.8 Å². The molecule has 0 aliphatic rings. The number of halogens is 5. The third kappa shape index (κ3) is 3.58. The second-order valence-electron chi connectivity index (χ2n) is 3.89. The monoisotopic (exact) mass is 470 g/mol. The van der Waals surface area contributed by atoms with Crippen LogP contribution in [0.15, 0.2) is 43.7 Å². The maximum atomic E-state index is 13.9. The maximum Gasteiger partial charge on any atom is 0.130 e. The van der Waals surface area contributed by atoms with E-state index in [9.17, 15) is 9.50 Å². The van der Waals surface area contributed by atoms with Gasteiger partial charge in [-0.2, -0.15) is 0 Å². The first-order chi connectivity index (χ1) is 8.88. The summed E-state index contributed by atoms with van der Waals surface area (Å²) >= 11 is 15.7. The van der Waals surface area contributed by atoms with Crippen LogP contribution in [0.25, 0.3) is 0 Å². The molecular formula is C13H7Br3ClFO. The molecule has 0 bridgehead atoms. The van der Waals surface area contributed by atoms with Crippen molar-refractivity contribution in [3.63, 3.8) is 0 Å². The number of hydrogen-bond donors (Lipinski definition) is 1. The summed E-state index contributed by atoms with van der Waals surface area (Å²) in [6, 6.07) is 7.95. The maximum absolute atomic E-state index is 13.9. The van der Waals surface area contributed by atoms with Crippen molar-refractivity contribution >= 4 is 59.4 Å². The van der Waals surface area contributed by atoms with E-state index in [0.717, 1.165) is 8.95 Å². The van der Waals surface area contributed by atoms with Crippen molar-refractivity contribution in [2.75, 3.05) is 0 Å². The van der Waals surface area contributed by atoms with E-state index < -0.39 is 11.9 Å². The Bertz CT molecular complexity index is 613. The van der Waals surface area contributed by atoms with Crippen LogP contribution in [0.4, 0.5) is 4.39 Å². The van der Waals surface area contributed by atoms with Gasteiger partial charge in [0, 0.05) is 19.0 Å². The first-order valence-electron chi connectivity index (χ1n) is 5.17. The number of rotatable bonds is 2. The van der Waals surface area contributed by atoms with Gasteiger partial charge in [0.1, 0.15) is 11.9 Å². The van der Waals surface area contributed by atoms with E-state index in [1.165, 1.54) is 12.1 Å². The van der Waals surface area contributed by atoms with Crippen LogP contribution in [0.1, 0.15) is 17.2 Å². The van der Waals surface area contributed by atoms with Crippen molar-refractivity contribution in [1.82, 2.24) is 0 Å². The van der Waals surface area contributed by atoms with Gasteiger partial charge in [-0.15, -0.1) is 0 Å². The highest BCUT2D eigenvalue weighted by molar-refractivity contribution is 9.11. The molecule has 0 saturated carbocycles. The average Bonchev–Trinajstić information content (AvgIpc) is 2.31. The van der Waals surface area contributed by atoms with Crippen molar-refractivity contribution in [2.24, 2.45) is 0 Å². The van der Waals surface area contributed by atoms with Crippen molar-refractivity contribution in [3.05, 3.63) is 65.7 Å². The highest BCUT2D eigenvalue weighted by Gasteiger charge is 2.18. The lowest BCUT2D eigenvalue weighted by molar-refractivity contribution is 0.215. The van der Waals surface area contributed by atoms with E-state index in [1.807, 2.05) is 6.07 Å². The van der Waals surface area contributed by atoms with Gasteiger partial charge in [0.25, 0.3) is 0 Å². The molecule has 1 unspecified atom stereocenters. The predicted molar refractivity (Wildman–Crippen MR) is 85.0 cm³/mol. The molecule has 1 atom stereocenters. The van der Waals surface area contributed by atoms with Gasteiger partial charge in [0.2, 0.25) is 0 Å². The molecular weight excluding hydrogens is 466 g/mol. The van der Waals surface area contributed by atoms with Gasteiger partial charge in [-0.3, -0.25) is 0 Å². The molecule has 0 aromatic heterocycles. The van der Waals surface area contributed by atoms with Gasteiger partial charge < -0.3 is 5.11 Å². The fourth-order valence-electron chi connectivity index (χ4n) is 1.66. The molecule has 2 aromatic carbocycles. The highest BCUT2D eigenvalue weighted by atomic mass is 79.9. The Morgan fingerprint density at radius 2 is 1.58 bits per heavy atom. The van der Waals surface area contributed by atoms with Crippen molar-refractivity contribution in [3.8, 4) is 0 Å².